The average molecular weight is 570 g/mol. The maximum absolute atomic E-state index is 13.9. The molecule has 0 fully saturated rings. The molecule has 0 unspecified atom stereocenters. The number of carbonyl (C=O) groups excluding carboxylic acids is 1. The van der Waals surface area contributed by atoms with Gasteiger partial charge in [0.2, 0.25) is 0 Å². The highest BCUT2D eigenvalue weighted by molar-refractivity contribution is 7.07. The third-order valence-electron chi connectivity index (χ3n) is 6.71. The van der Waals surface area contributed by atoms with Gasteiger partial charge >= 0.3 is 5.97 Å². The van der Waals surface area contributed by atoms with Crippen molar-refractivity contribution < 1.29 is 19.2 Å². The number of fused-ring (bicyclic) bond motifs is 1. The van der Waals surface area contributed by atoms with Gasteiger partial charge in [0, 0.05) is 17.2 Å². The molecule has 4 aromatic rings. The number of thiazole rings is 1. The van der Waals surface area contributed by atoms with Crippen LogP contribution >= 0.6 is 11.3 Å². The Bertz CT molecular complexity index is 1860. The van der Waals surface area contributed by atoms with Crippen molar-refractivity contribution in [3.8, 4) is 5.75 Å². The maximum Gasteiger partial charge on any atom is 0.338 e. The quantitative estimate of drug-likeness (QED) is 0.174. The third-order valence-corrected chi connectivity index (χ3v) is 7.69. The fraction of sp³-hybridized carbons (Fsp3) is 0.194. The van der Waals surface area contributed by atoms with E-state index < -0.39 is 16.9 Å². The fourth-order valence-electron chi connectivity index (χ4n) is 4.71. The number of aromatic nitrogens is 1. The first-order valence-electron chi connectivity index (χ1n) is 13.0. The lowest BCUT2D eigenvalue weighted by molar-refractivity contribution is -0.385. The molecule has 1 atom stereocenters. The van der Waals surface area contributed by atoms with E-state index in [1.807, 2.05) is 54.6 Å². The van der Waals surface area contributed by atoms with Gasteiger partial charge in [0.05, 0.1) is 33.4 Å². The molecule has 9 nitrogen and oxygen atoms in total. The van der Waals surface area contributed by atoms with Crippen LogP contribution < -0.4 is 19.6 Å². The number of nitro benzene ring substituents is 1. The van der Waals surface area contributed by atoms with Crippen molar-refractivity contribution in [2.45, 2.75) is 33.4 Å². The molecule has 0 aliphatic carbocycles. The van der Waals surface area contributed by atoms with Gasteiger partial charge < -0.3 is 9.47 Å². The summed E-state index contributed by atoms with van der Waals surface area (Å²) in [6, 6.07) is 20.9. The van der Waals surface area contributed by atoms with Crippen LogP contribution in [-0.4, -0.2) is 22.1 Å². The van der Waals surface area contributed by atoms with Gasteiger partial charge in [-0.15, -0.1) is 0 Å². The van der Waals surface area contributed by atoms with Crippen LogP contribution in [0.25, 0.3) is 6.08 Å². The number of aryl methyl sites for hydroxylation is 1. The lowest BCUT2D eigenvalue weighted by Crippen LogP contribution is -2.40. The van der Waals surface area contributed by atoms with E-state index in [4.69, 9.17) is 9.47 Å². The molecule has 208 valence electrons. The van der Waals surface area contributed by atoms with Crippen LogP contribution in [-0.2, 0) is 16.1 Å². The Kier molecular flexibility index (Phi) is 7.93. The molecule has 10 heteroatoms. The predicted molar refractivity (Wildman–Crippen MR) is 155 cm³/mol. The predicted octanol–water partition coefficient (Wildman–Crippen LogP) is 4.59. The molecule has 1 aromatic heterocycles. The smallest absolute Gasteiger partial charge is 0.338 e. The molecule has 0 spiro atoms. The number of carbonyl (C=O) groups is 1. The first-order valence-corrected chi connectivity index (χ1v) is 13.8. The minimum absolute atomic E-state index is 0.105. The molecule has 0 amide bonds. The van der Waals surface area contributed by atoms with Gasteiger partial charge in [-0.25, -0.2) is 9.79 Å². The second-order valence-electron chi connectivity index (χ2n) is 9.42. The molecule has 5 rings (SSSR count). The first kappa shape index (κ1) is 27.7. The number of nitrogens with zero attached hydrogens (tertiary/aromatic N) is 3. The van der Waals surface area contributed by atoms with E-state index in [0.29, 0.717) is 44.1 Å². The second-order valence-corrected chi connectivity index (χ2v) is 10.4. The number of esters is 1. The van der Waals surface area contributed by atoms with E-state index in [-0.39, 0.29) is 23.4 Å². The van der Waals surface area contributed by atoms with Gasteiger partial charge in [-0.3, -0.25) is 19.5 Å². The number of allylic oxidation sites excluding steroid dienone is 1. The summed E-state index contributed by atoms with van der Waals surface area (Å²) >= 11 is 1.18. The molecule has 41 heavy (non-hydrogen) atoms. The van der Waals surface area contributed by atoms with Crippen molar-refractivity contribution >= 4 is 29.1 Å². The summed E-state index contributed by atoms with van der Waals surface area (Å²) in [6.07, 6.45) is 1.74. The van der Waals surface area contributed by atoms with Gasteiger partial charge in [-0.2, -0.15) is 0 Å². The summed E-state index contributed by atoms with van der Waals surface area (Å²) in [5.74, 6) is -0.0211. The molecule has 0 bridgehead atoms. The Labute approximate surface area is 239 Å². The van der Waals surface area contributed by atoms with E-state index in [0.717, 1.165) is 5.56 Å². The number of para-hydroxylation sites is 1. The van der Waals surface area contributed by atoms with E-state index in [9.17, 15) is 19.7 Å². The zero-order valence-electron chi connectivity index (χ0n) is 22.7. The van der Waals surface area contributed by atoms with Crippen molar-refractivity contribution in [2.75, 3.05) is 6.61 Å². The molecular formula is C31H27N3O6S. The highest BCUT2D eigenvalue weighted by atomic mass is 32.1. The van der Waals surface area contributed by atoms with Crippen molar-refractivity contribution in [1.82, 2.24) is 4.57 Å². The van der Waals surface area contributed by atoms with Crippen LogP contribution in [0.2, 0.25) is 0 Å². The molecule has 0 saturated heterocycles. The Hall–Kier alpha value is -4.83. The van der Waals surface area contributed by atoms with E-state index >= 15 is 0 Å². The topological polar surface area (TPSA) is 113 Å². The maximum atomic E-state index is 13.9. The average Bonchev–Trinajstić information content (AvgIpc) is 3.26. The number of nitro groups is 1. The number of rotatable bonds is 8. The van der Waals surface area contributed by atoms with Crippen molar-refractivity contribution in [3.63, 3.8) is 0 Å². The van der Waals surface area contributed by atoms with E-state index in [1.165, 1.54) is 22.0 Å². The van der Waals surface area contributed by atoms with Crippen LogP contribution in [0.1, 0.15) is 42.1 Å². The van der Waals surface area contributed by atoms with Gasteiger partial charge in [-0.05, 0) is 44.0 Å². The zero-order valence-corrected chi connectivity index (χ0v) is 23.5. The summed E-state index contributed by atoms with van der Waals surface area (Å²) < 4.78 is 13.2. The van der Waals surface area contributed by atoms with Crippen molar-refractivity contribution in [2.24, 2.45) is 4.99 Å². The minimum atomic E-state index is -0.948. The lowest BCUT2D eigenvalue weighted by Gasteiger charge is -2.24. The second kappa shape index (κ2) is 11.7. The molecule has 2 heterocycles. The molecule has 0 radical (unpaired) electrons. The Morgan fingerprint density at radius 3 is 2.56 bits per heavy atom. The van der Waals surface area contributed by atoms with E-state index in [2.05, 4.69) is 4.99 Å². The normalized spacial score (nSPS) is 14.8. The molecule has 0 N–H and O–H groups in total. The molecule has 0 saturated carbocycles. The Balaban J connectivity index is 1.64. The van der Waals surface area contributed by atoms with Crippen LogP contribution in [0.4, 0.5) is 5.69 Å². The zero-order chi connectivity index (χ0) is 29.1. The van der Waals surface area contributed by atoms with E-state index in [1.54, 1.807) is 39.0 Å². The van der Waals surface area contributed by atoms with Gasteiger partial charge in [-0.1, -0.05) is 72.0 Å². The summed E-state index contributed by atoms with van der Waals surface area (Å²) in [5, 5.41) is 11.7. The third kappa shape index (κ3) is 5.59. The van der Waals surface area contributed by atoms with Crippen molar-refractivity contribution in [3.05, 3.63) is 136 Å². The molecule has 1 aliphatic heterocycles. The number of benzene rings is 3. The number of hydrogen-bond acceptors (Lipinski definition) is 8. The van der Waals surface area contributed by atoms with Gasteiger partial charge in [0.25, 0.3) is 11.2 Å². The Morgan fingerprint density at radius 1 is 1.10 bits per heavy atom. The summed E-state index contributed by atoms with van der Waals surface area (Å²) in [6.45, 7) is 5.48. The fourth-order valence-corrected chi connectivity index (χ4v) is 5.75. The Morgan fingerprint density at radius 2 is 1.83 bits per heavy atom. The standard InChI is InChI=1S/C31H27N3O6S/c1-4-39-30(36)27-20(3)32-31-33(28(27)23-15-14-19(2)24(16-23)34(37)38)29(35)26(41-31)17-22-12-8-9-13-25(22)40-18-21-10-6-5-7-11-21/h5-17,28H,4,18H2,1-3H3/b26-17+/t28-/m0/s1. The number of hydrogen-bond donors (Lipinski definition) is 0. The van der Waals surface area contributed by atoms with Crippen molar-refractivity contribution in [1.29, 1.82) is 0 Å². The number of ether oxygens (including phenoxy) is 2. The molecular weight excluding hydrogens is 542 g/mol. The highest BCUT2D eigenvalue weighted by Crippen LogP contribution is 2.33. The highest BCUT2D eigenvalue weighted by Gasteiger charge is 2.34. The minimum Gasteiger partial charge on any atom is -0.488 e. The van der Waals surface area contributed by atoms with Crippen LogP contribution in [0, 0.1) is 17.0 Å². The van der Waals surface area contributed by atoms with Crippen LogP contribution in [0.15, 0.2) is 93.9 Å². The molecule has 1 aliphatic rings. The summed E-state index contributed by atoms with van der Waals surface area (Å²) in [4.78, 5) is 43.3. The SMILES string of the molecule is CCOC(=O)C1=C(C)N=c2s/c(=C/c3ccccc3OCc3ccccc3)c(=O)n2[C@H]1c1ccc(C)c([N+](=O)[O-])c1. The largest absolute Gasteiger partial charge is 0.488 e. The monoisotopic (exact) mass is 569 g/mol. The van der Waals surface area contributed by atoms with Crippen LogP contribution in [0.5, 0.6) is 5.75 Å². The molecule has 3 aromatic carbocycles. The summed E-state index contributed by atoms with van der Waals surface area (Å²) in [7, 11) is 0. The first-order chi connectivity index (χ1) is 19.8. The van der Waals surface area contributed by atoms with Gasteiger partial charge in [0.1, 0.15) is 12.4 Å². The lowest BCUT2D eigenvalue weighted by atomic mass is 9.94. The van der Waals surface area contributed by atoms with Crippen LogP contribution in [0.3, 0.4) is 0 Å². The van der Waals surface area contributed by atoms with Gasteiger partial charge in [0.15, 0.2) is 4.80 Å². The summed E-state index contributed by atoms with van der Waals surface area (Å²) in [5.41, 5.74) is 2.66.